The SMILES string of the molecule is CC(C)C1(C(=O)O)CCN(C(=O)CCc2cn(C)c3ccccc23)C1. The van der Waals surface area contributed by atoms with Crippen LogP contribution in [-0.2, 0) is 23.1 Å². The number of fused-ring (bicyclic) bond motifs is 1. The van der Waals surface area contributed by atoms with E-state index < -0.39 is 11.4 Å². The molecule has 0 radical (unpaired) electrons. The number of hydrogen-bond acceptors (Lipinski definition) is 2. The first-order chi connectivity index (χ1) is 11.8. The van der Waals surface area contributed by atoms with Crippen molar-refractivity contribution in [2.24, 2.45) is 18.4 Å². The molecule has 1 atom stereocenters. The number of para-hydroxylation sites is 1. The van der Waals surface area contributed by atoms with Crippen LogP contribution in [0.25, 0.3) is 10.9 Å². The second-order valence-electron chi connectivity index (χ2n) is 7.46. The molecule has 0 aliphatic carbocycles. The van der Waals surface area contributed by atoms with Gasteiger partial charge in [0.05, 0.1) is 5.41 Å². The van der Waals surface area contributed by atoms with E-state index in [0.717, 1.165) is 5.52 Å². The number of likely N-dealkylation sites (tertiary alicyclic amines) is 1. The van der Waals surface area contributed by atoms with Crippen LogP contribution in [0.3, 0.4) is 0 Å². The van der Waals surface area contributed by atoms with E-state index >= 15 is 0 Å². The van der Waals surface area contributed by atoms with Gasteiger partial charge in [0.2, 0.25) is 5.91 Å². The zero-order valence-corrected chi connectivity index (χ0v) is 15.2. The molecule has 1 aromatic heterocycles. The minimum Gasteiger partial charge on any atom is -0.481 e. The molecule has 1 saturated heterocycles. The van der Waals surface area contributed by atoms with E-state index in [1.54, 1.807) is 4.90 Å². The number of amides is 1. The van der Waals surface area contributed by atoms with Gasteiger partial charge in [-0.05, 0) is 30.4 Å². The van der Waals surface area contributed by atoms with Gasteiger partial charge in [0.25, 0.3) is 0 Å². The predicted molar refractivity (Wildman–Crippen MR) is 97.3 cm³/mol. The van der Waals surface area contributed by atoms with Crippen molar-refractivity contribution in [3.05, 3.63) is 36.0 Å². The summed E-state index contributed by atoms with van der Waals surface area (Å²) in [5.41, 5.74) is 1.53. The van der Waals surface area contributed by atoms with E-state index in [2.05, 4.69) is 22.9 Å². The van der Waals surface area contributed by atoms with Crippen LogP contribution >= 0.6 is 0 Å². The maximum atomic E-state index is 12.6. The van der Waals surface area contributed by atoms with Crippen LogP contribution < -0.4 is 0 Å². The lowest BCUT2D eigenvalue weighted by atomic mass is 9.76. The van der Waals surface area contributed by atoms with Crippen LogP contribution in [0.1, 0.15) is 32.3 Å². The van der Waals surface area contributed by atoms with Crippen molar-refractivity contribution >= 4 is 22.8 Å². The second-order valence-corrected chi connectivity index (χ2v) is 7.46. The molecule has 1 amide bonds. The Morgan fingerprint density at radius 1 is 1.28 bits per heavy atom. The number of carboxylic acid groups (broad SMARTS) is 1. The number of rotatable bonds is 5. The average Bonchev–Trinajstić information content (AvgIpc) is 3.16. The van der Waals surface area contributed by atoms with Gasteiger partial charge < -0.3 is 14.6 Å². The topological polar surface area (TPSA) is 62.5 Å². The smallest absolute Gasteiger partial charge is 0.311 e. The molecule has 1 unspecified atom stereocenters. The molecule has 134 valence electrons. The molecule has 1 fully saturated rings. The fourth-order valence-electron chi connectivity index (χ4n) is 3.96. The van der Waals surface area contributed by atoms with Crippen molar-refractivity contribution in [1.82, 2.24) is 9.47 Å². The summed E-state index contributed by atoms with van der Waals surface area (Å²) in [5.74, 6) is -0.718. The number of nitrogens with zero attached hydrogens (tertiary/aromatic N) is 2. The molecule has 2 heterocycles. The number of aromatic nitrogens is 1. The van der Waals surface area contributed by atoms with Gasteiger partial charge in [-0.1, -0.05) is 32.0 Å². The number of carbonyl (C=O) groups excluding carboxylic acids is 1. The molecule has 25 heavy (non-hydrogen) atoms. The zero-order valence-electron chi connectivity index (χ0n) is 15.2. The van der Waals surface area contributed by atoms with Crippen molar-refractivity contribution in [2.45, 2.75) is 33.1 Å². The molecule has 0 spiro atoms. The number of aliphatic carboxylic acids is 1. The highest BCUT2D eigenvalue weighted by Gasteiger charge is 2.48. The number of benzene rings is 1. The number of hydrogen-bond donors (Lipinski definition) is 1. The van der Waals surface area contributed by atoms with Crippen LogP contribution in [0.15, 0.2) is 30.5 Å². The molecule has 3 rings (SSSR count). The summed E-state index contributed by atoms with van der Waals surface area (Å²) in [6.07, 6.45) is 3.72. The summed E-state index contributed by atoms with van der Waals surface area (Å²) in [4.78, 5) is 26.1. The Kier molecular flexibility index (Phi) is 4.58. The zero-order chi connectivity index (χ0) is 18.2. The number of carboxylic acids is 1. The van der Waals surface area contributed by atoms with Crippen molar-refractivity contribution in [2.75, 3.05) is 13.1 Å². The van der Waals surface area contributed by atoms with E-state index in [0.29, 0.717) is 32.4 Å². The highest BCUT2D eigenvalue weighted by molar-refractivity contribution is 5.85. The van der Waals surface area contributed by atoms with Crippen LogP contribution in [0.2, 0.25) is 0 Å². The Balaban J connectivity index is 1.68. The third kappa shape index (κ3) is 3.03. The summed E-state index contributed by atoms with van der Waals surface area (Å²) in [5, 5.41) is 10.8. The largest absolute Gasteiger partial charge is 0.481 e. The Labute approximate surface area is 148 Å². The highest BCUT2D eigenvalue weighted by Crippen LogP contribution is 2.38. The van der Waals surface area contributed by atoms with Gasteiger partial charge in [0.1, 0.15) is 0 Å². The van der Waals surface area contributed by atoms with Crippen molar-refractivity contribution in [1.29, 1.82) is 0 Å². The lowest BCUT2D eigenvalue weighted by Crippen LogP contribution is -2.40. The first-order valence-corrected chi connectivity index (χ1v) is 8.89. The second kappa shape index (κ2) is 6.54. The third-order valence-electron chi connectivity index (χ3n) is 5.77. The van der Waals surface area contributed by atoms with Crippen molar-refractivity contribution < 1.29 is 14.7 Å². The monoisotopic (exact) mass is 342 g/mol. The Bertz CT molecular complexity index is 808. The number of aryl methyl sites for hydroxylation is 2. The first kappa shape index (κ1) is 17.5. The third-order valence-corrected chi connectivity index (χ3v) is 5.77. The van der Waals surface area contributed by atoms with Crippen LogP contribution in [0, 0.1) is 11.3 Å². The molecule has 1 aliphatic rings. The first-order valence-electron chi connectivity index (χ1n) is 8.89. The minimum absolute atomic E-state index is 0.0147. The Morgan fingerprint density at radius 2 is 2.00 bits per heavy atom. The summed E-state index contributed by atoms with van der Waals surface area (Å²) in [6.45, 7) is 4.73. The Hall–Kier alpha value is -2.30. The maximum Gasteiger partial charge on any atom is 0.311 e. The molecular formula is C20H26N2O3. The van der Waals surface area contributed by atoms with E-state index in [-0.39, 0.29) is 11.8 Å². The van der Waals surface area contributed by atoms with Gasteiger partial charge >= 0.3 is 5.97 Å². The maximum absolute atomic E-state index is 12.6. The van der Waals surface area contributed by atoms with Crippen molar-refractivity contribution in [3.63, 3.8) is 0 Å². The molecule has 2 aromatic rings. The molecule has 1 N–H and O–H groups in total. The van der Waals surface area contributed by atoms with Gasteiger partial charge in [-0.15, -0.1) is 0 Å². The van der Waals surface area contributed by atoms with E-state index in [9.17, 15) is 14.7 Å². The van der Waals surface area contributed by atoms with Gasteiger partial charge in [0.15, 0.2) is 0 Å². The van der Waals surface area contributed by atoms with E-state index in [4.69, 9.17) is 0 Å². The van der Waals surface area contributed by atoms with Crippen molar-refractivity contribution in [3.8, 4) is 0 Å². The average molecular weight is 342 g/mol. The van der Waals surface area contributed by atoms with E-state index in [1.807, 2.05) is 33.0 Å². The fraction of sp³-hybridized carbons (Fsp3) is 0.500. The molecule has 5 nitrogen and oxygen atoms in total. The molecule has 0 bridgehead atoms. The van der Waals surface area contributed by atoms with Gasteiger partial charge in [-0.2, -0.15) is 0 Å². The van der Waals surface area contributed by atoms with E-state index in [1.165, 1.54) is 10.9 Å². The fourth-order valence-corrected chi connectivity index (χ4v) is 3.96. The molecule has 0 saturated carbocycles. The van der Waals surface area contributed by atoms with Crippen LogP contribution in [-0.4, -0.2) is 39.5 Å². The van der Waals surface area contributed by atoms with Crippen LogP contribution in [0.4, 0.5) is 0 Å². The predicted octanol–water partition coefficient (Wildman–Crippen LogP) is 3.07. The van der Waals surface area contributed by atoms with Gasteiger partial charge in [0, 0.05) is 43.7 Å². The molecule has 1 aromatic carbocycles. The summed E-state index contributed by atoms with van der Waals surface area (Å²) < 4.78 is 2.08. The summed E-state index contributed by atoms with van der Waals surface area (Å²) in [6, 6.07) is 8.18. The van der Waals surface area contributed by atoms with Gasteiger partial charge in [-0.3, -0.25) is 9.59 Å². The van der Waals surface area contributed by atoms with Crippen LogP contribution in [0.5, 0.6) is 0 Å². The summed E-state index contributed by atoms with van der Waals surface area (Å²) >= 11 is 0. The lowest BCUT2D eigenvalue weighted by Gasteiger charge is -2.28. The Morgan fingerprint density at radius 3 is 2.64 bits per heavy atom. The minimum atomic E-state index is -0.797. The quantitative estimate of drug-likeness (QED) is 0.908. The number of carbonyl (C=O) groups is 2. The normalized spacial score (nSPS) is 20.6. The highest BCUT2D eigenvalue weighted by atomic mass is 16.4. The van der Waals surface area contributed by atoms with Gasteiger partial charge in [-0.25, -0.2) is 0 Å². The molecule has 1 aliphatic heterocycles. The lowest BCUT2D eigenvalue weighted by molar-refractivity contribution is -0.151. The molecule has 5 heteroatoms. The summed E-state index contributed by atoms with van der Waals surface area (Å²) in [7, 11) is 2.01. The standard InChI is InChI=1S/C20H26N2O3/c1-14(2)20(19(24)25)10-11-22(13-20)18(23)9-8-15-12-21(3)17-7-5-4-6-16(15)17/h4-7,12,14H,8-11,13H2,1-3H3,(H,24,25). The molecular weight excluding hydrogens is 316 g/mol.